The van der Waals surface area contributed by atoms with E-state index in [1.165, 1.54) is 12.1 Å². The van der Waals surface area contributed by atoms with E-state index in [1.807, 2.05) is 6.92 Å². The maximum Gasteiger partial charge on any atom is 0.224 e. The number of carbonyl (C=O) groups is 1. The molecule has 7 heteroatoms. The van der Waals surface area contributed by atoms with Crippen LogP contribution in [-0.2, 0) is 21.2 Å². The molecule has 0 atom stereocenters. The zero-order valence-electron chi connectivity index (χ0n) is 12.1. The molecular formula is C14H21FN2O3S. The molecule has 0 radical (unpaired) electrons. The van der Waals surface area contributed by atoms with Gasteiger partial charge < -0.3 is 5.32 Å². The molecule has 1 amide bonds. The van der Waals surface area contributed by atoms with Crippen molar-refractivity contribution in [1.29, 1.82) is 0 Å². The fraction of sp³-hybridized carbons (Fsp3) is 0.500. The van der Waals surface area contributed by atoms with Crippen LogP contribution < -0.4 is 10.0 Å². The zero-order valence-corrected chi connectivity index (χ0v) is 12.9. The van der Waals surface area contributed by atoms with Crippen molar-refractivity contribution in [2.24, 2.45) is 0 Å². The highest BCUT2D eigenvalue weighted by Crippen LogP contribution is 2.03. The second-order valence-electron chi connectivity index (χ2n) is 4.72. The van der Waals surface area contributed by atoms with Crippen LogP contribution in [0.1, 0.15) is 25.3 Å². The minimum Gasteiger partial charge on any atom is -0.355 e. The van der Waals surface area contributed by atoms with Crippen LogP contribution in [0.2, 0.25) is 0 Å². The molecule has 21 heavy (non-hydrogen) atoms. The SMILES string of the molecule is CCCCS(=O)(=O)NCCNC(=O)Cc1ccc(F)cc1. The summed E-state index contributed by atoms with van der Waals surface area (Å²) < 4.78 is 38.1. The Balaban J connectivity index is 2.23. The molecule has 5 nitrogen and oxygen atoms in total. The third-order valence-electron chi connectivity index (χ3n) is 2.81. The summed E-state index contributed by atoms with van der Waals surface area (Å²) in [4.78, 5) is 11.6. The van der Waals surface area contributed by atoms with Crippen LogP contribution >= 0.6 is 0 Å². The third-order valence-corrected chi connectivity index (χ3v) is 4.28. The van der Waals surface area contributed by atoms with Crippen molar-refractivity contribution in [3.8, 4) is 0 Å². The fourth-order valence-electron chi connectivity index (χ4n) is 1.67. The predicted molar refractivity (Wildman–Crippen MR) is 79.8 cm³/mol. The van der Waals surface area contributed by atoms with Crippen LogP contribution in [0.4, 0.5) is 4.39 Å². The molecule has 1 rings (SSSR count). The molecule has 1 aromatic rings. The number of amides is 1. The van der Waals surface area contributed by atoms with E-state index >= 15 is 0 Å². The first-order valence-corrected chi connectivity index (χ1v) is 8.56. The van der Waals surface area contributed by atoms with Crippen molar-refractivity contribution < 1.29 is 17.6 Å². The number of benzene rings is 1. The molecule has 0 aromatic heterocycles. The van der Waals surface area contributed by atoms with Gasteiger partial charge >= 0.3 is 0 Å². The van der Waals surface area contributed by atoms with Gasteiger partial charge in [-0.15, -0.1) is 0 Å². The number of unbranched alkanes of at least 4 members (excludes halogenated alkanes) is 1. The number of rotatable bonds is 9. The van der Waals surface area contributed by atoms with Gasteiger partial charge in [-0.2, -0.15) is 0 Å². The molecule has 0 saturated heterocycles. The standard InChI is InChI=1S/C14H21FN2O3S/c1-2-3-10-21(19,20)17-9-8-16-14(18)11-12-4-6-13(15)7-5-12/h4-7,17H,2-3,8-11H2,1H3,(H,16,18). The van der Waals surface area contributed by atoms with Gasteiger partial charge in [-0.1, -0.05) is 25.5 Å². The highest BCUT2D eigenvalue weighted by Gasteiger charge is 2.08. The van der Waals surface area contributed by atoms with Gasteiger partial charge in [0.05, 0.1) is 12.2 Å². The van der Waals surface area contributed by atoms with Crippen molar-refractivity contribution in [1.82, 2.24) is 10.0 Å². The van der Waals surface area contributed by atoms with Crippen LogP contribution in [0, 0.1) is 5.82 Å². The normalized spacial score (nSPS) is 11.3. The number of sulfonamides is 1. The lowest BCUT2D eigenvalue weighted by atomic mass is 10.1. The molecular weight excluding hydrogens is 295 g/mol. The molecule has 1 aromatic carbocycles. The van der Waals surface area contributed by atoms with Crippen molar-refractivity contribution in [2.75, 3.05) is 18.8 Å². The van der Waals surface area contributed by atoms with Crippen LogP contribution in [0.3, 0.4) is 0 Å². The molecule has 0 saturated carbocycles. The molecule has 0 heterocycles. The lowest BCUT2D eigenvalue weighted by Crippen LogP contribution is -2.36. The molecule has 0 unspecified atom stereocenters. The van der Waals surface area contributed by atoms with Crippen molar-refractivity contribution in [3.63, 3.8) is 0 Å². The summed E-state index contributed by atoms with van der Waals surface area (Å²) in [5, 5.41) is 2.61. The lowest BCUT2D eigenvalue weighted by molar-refractivity contribution is -0.120. The van der Waals surface area contributed by atoms with Gasteiger partial charge in [0.2, 0.25) is 15.9 Å². The van der Waals surface area contributed by atoms with E-state index in [0.717, 1.165) is 6.42 Å². The van der Waals surface area contributed by atoms with E-state index in [9.17, 15) is 17.6 Å². The van der Waals surface area contributed by atoms with E-state index in [4.69, 9.17) is 0 Å². The first kappa shape index (κ1) is 17.6. The summed E-state index contributed by atoms with van der Waals surface area (Å²) >= 11 is 0. The average Bonchev–Trinajstić information content (AvgIpc) is 2.44. The van der Waals surface area contributed by atoms with Crippen LogP contribution in [0.5, 0.6) is 0 Å². The maximum absolute atomic E-state index is 12.7. The van der Waals surface area contributed by atoms with Gasteiger partial charge in [-0.3, -0.25) is 4.79 Å². The Labute approximate surface area is 125 Å². The topological polar surface area (TPSA) is 75.3 Å². The number of nitrogens with one attached hydrogen (secondary N) is 2. The van der Waals surface area contributed by atoms with Crippen LogP contribution in [0.25, 0.3) is 0 Å². The summed E-state index contributed by atoms with van der Waals surface area (Å²) in [6.45, 7) is 2.32. The molecule has 0 aliphatic heterocycles. The van der Waals surface area contributed by atoms with Gasteiger partial charge in [0, 0.05) is 13.1 Å². The molecule has 118 valence electrons. The highest BCUT2D eigenvalue weighted by atomic mass is 32.2. The molecule has 0 spiro atoms. The van der Waals surface area contributed by atoms with E-state index in [0.29, 0.717) is 12.0 Å². The Hall–Kier alpha value is -1.47. The van der Waals surface area contributed by atoms with Gasteiger partial charge in [0.15, 0.2) is 0 Å². The minimum absolute atomic E-state index is 0.104. The Morgan fingerprint density at radius 1 is 1.19 bits per heavy atom. The zero-order chi connectivity index (χ0) is 15.7. The summed E-state index contributed by atoms with van der Waals surface area (Å²) in [5.41, 5.74) is 0.706. The predicted octanol–water partition coefficient (Wildman–Crippen LogP) is 1.20. The molecule has 2 N–H and O–H groups in total. The Bertz CT molecular complexity index is 544. The third kappa shape index (κ3) is 7.77. The van der Waals surface area contributed by atoms with Gasteiger partial charge in [-0.05, 0) is 24.1 Å². The molecule has 0 fully saturated rings. The van der Waals surface area contributed by atoms with E-state index in [2.05, 4.69) is 10.0 Å². The molecule has 0 bridgehead atoms. The maximum atomic E-state index is 12.7. The summed E-state index contributed by atoms with van der Waals surface area (Å²) in [5.74, 6) is -0.470. The lowest BCUT2D eigenvalue weighted by Gasteiger charge is -2.07. The Morgan fingerprint density at radius 3 is 2.48 bits per heavy atom. The first-order chi connectivity index (χ1) is 9.93. The smallest absolute Gasteiger partial charge is 0.224 e. The number of halogens is 1. The fourth-order valence-corrected chi connectivity index (χ4v) is 2.89. The van der Waals surface area contributed by atoms with Gasteiger partial charge in [0.1, 0.15) is 5.82 Å². The largest absolute Gasteiger partial charge is 0.355 e. The number of hydrogen-bond acceptors (Lipinski definition) is 3. The van der Waals surface area contributed by atoms with E-state index < -0.39 is 10.0 Å². The summed E-state index contributed by atoms with van der Waals surface area (Å²) in [7, 11) is -3.25. The molecule has 0 aliphatic carbocycles. The van der Waals surface area contributed by atoms with Crippen molar-refractivity contribution >= 4 is 15.9 Å². The average molecular weight is 316 g/mol. The van der Waals surface area contributed by atoms with Crippen molar-refractivity contribution in [2.45, 2.75) is 26.2 Å². The van der Waals surface area contributed by atoms with Crippen LogP contribution in [-0.4, -0.2) is 33.2 Å². The minimum atomic E-state index is -3.25. The second-order valence-corrected chi connectivity index (χ2v) is 6.65. The van der Waals surface area contributed by atoms with E-state index in [-0.39, 0.29) is 37.0 Å². The van der Waals surface area contributed by atoms with Crippen LogP contribution in [0.15, 0.2) is 24.3 Å². The molecule has 0 aliphatic rings. The number of hydrogen-bond donors (Lipinski definition) is 2. The second kappa shape index (κ2) is 8.74. The first-order valence-electron chi connectivity index (χ1n) is 6.91. The monoisotopic (exact) mass is 316 g/mol. The van der Waals surface area contributed by atoms with Crippen molar-refractivity contribution in [3.05, 3.63) is 35.6 Å². The number of carbonyl (C=O) groups excluding carboxylic acids is 1. The quantitative estimate of drug-likeness (QED) is 0.672. The summed E-state index contributed by atoms with van der Waals surface area (Å²) in [6, 6.07) is 5.68. The van der Waals surface area contributed by atoms with Gasteiger partial charge in [0.25, 0.3) is 0 Å². The van der Waals surface area contributed by atoms with Gasteiger partial charge in [-0.25, -0.2) is 17.5 Å². The highest BCUT2D eigenvalue weighted by molar-refractivity contribution is 7.89. The Morgan fingerprint density at radius 2 is 1.86 bits per heavy atom. The summed E-state index contributed by atoms with van der Waals surface area (Å²) in [6.07, 6.45) is 1.57. The van der Waals surface area contributed by atoms with E-state index in [1.54, 1.807) is 12.1 Å². The Kier molecular flexibility index (Phi) is 7.31.